The van der Waals surface area contributed by atoms with Crippen molar-refractivity contribution in [1.29, 1.82) is 0 Å². The van der Waals surface area contributed by atoms with Crippen LogP contribution in [-0.4, -0.2) is 29.7 Å². The van der Waals surface area contributed by atoms with Gasteiger partial charge in [0.2, 0.25) is 0 Å². The summed E-state index contributed by atoms with van der Waals surface area (Å²) in [6, 6.07) is 5.94. The number of ether oxygens (including phenoxy) is 2. The lowest BCUT2D eigenvalue weighted by molar-refractivity contribution is 0.171. The molecule has 1 aromatic carbocycles. The largest absolute Gasteiger partial charge is 0.486 e. The number of aromatic amines is 1. The molecule has 0 aliphatic carbocycles. The third-order valence-electron chi connectivity index (χ3n) is 3.02. The molecule has 0 amide bonds. The zero-order valence-electron chi connectivity index (χ0n) is 10.9. The van der Waals surface area contributed by atoms with Crippen molar-refractivity contribution < 1.29 is 9.47 Å². The molecule has 0 unspecified atom stereocenters. The molecule has 2 heterocycles. The Balaban J connectivity index is 1.83. The molecule has 19 heavy (non-hydrogen) atoms. The van der Waals surface area contributed by atoms with Crippen molar-refractivity contribution in [2.45, 2.75) is 13.5 Å². The summed E-state index contributed by atoms with van der Waals surface area (Å²) in [4.78, 5) is 7.65. The fourth-order valence-electron chi connectivity index (χ4n) is 2.05. The number of fused-ring (bicyclic) bond motifs is 1. The van der Waals surface area contributed by atoms with E-state index < -0.39 is 0 Å². The van der Waals surface area contributed by atoms with Crippen LogP contribution in [0.2, 0.25) is 0 Å². The lowest BCUT2D eigenvalue weighted by Crippen LogP contribution is -2.15. The third kappa shape index (κ3) is 2.56. The van der Waals surface area contributed by atoms with Crippen LogP contribution in [0.3, 0.4) is 0 Å². The molecule has 0 fully saturated rings. The maximum atomic E-state index is 5.59. The quantitative estimate of drug-likeness (QED) is 0.881. The topological polar surface area (TPSA) is 59.2 Å². The Kier molecular flexibility index (Phi) is 3.37. The second-order valence-corrected chi connectivity index (χ2v) is 4.38. The van der Waals surface area contributed by atoms with Crippen LogP contribution in [-0.2, 0) is 6.54 Å². The summed E-state index contributed by atoms with van der Waals surface area (Å²) in [5.74, 6) is 2.54. The summed E-state index contributed by atoms with van der Waals surface area (Å²) in [6.45, 7) is 4.97. The number of H-pyrrole nitrogens is 1. The number of rotatable bonds is 4. The standard InChI is InChI=1S/C14H17N3O2/c1-2-15-9-14-16-8-11(17-14)10-3-4-12-13(7-10)19-6-5-18-12/h3-4,7-8,15H,2,5-6,9H2,1H3,(H,16,17). The minimum Gasteiger partial charge on any atom is -0.486 e. The molecular weight excluding hydrogens is 242 g/mol. The van der Waals surface area contributed by atoms with Crippen molar-refractivity contribution >= 4 is 0 Å². The minimum absolute atomic E-state index is 0.602. The zero-order valence-corrected chi connectivity index (χ0v) is 10.9. The normalized spacial score (nSPS) is 13.5. The molecule has 1 aliphatic heterocycles. The van der Waals surface area contributed by atoms with Crippen molar-refractivity contribution in [2.24, 2.45) is 0 Å². The van der Waals surface area contributed by atoms with Gasteiger partial charge in [-0.25, -0.2) is 4.98 Å². The van der Waals surface area contributed by atoms with E-state index in [0.717, 1.165) is 41.7 Å². The van der Waals surface area contributed by atoms with Crippen molar-refractivity contribution in [2.75, 3.05) is 19.8 Å². The van der Waals surface area contributed by atoms with Gasteiger partial charge in [0.05, 0.1) is 18.4 Å². The average molecular weight is 259 g/mol. The van der Waals surface area contributed by atoms with Crippen LogP contribution in [0.4, 0.5) is 0 Å². The van der Waals surface area contributed by atoms with Gasteiger partial charge in [0.25, 0.3) is 0 Å². The summed E-state index contributed by atoms with van der Waals surface area (Å²) in [5.41, 5.74) is 2.05. The number of nitrogens with one attached hydrogen (secondary N) is 2. The maximum Gasteiger partial charge on any atom is 0.162 e. The van der Waals surface area contributed by atoms with Crippen LogP contribution in [0.5, 0.6) is 11.5 Å². The van der Waals surface area contributed by atoms with Gasteiger partial charge >= 0.3 is 0 Å². The highest BCUT2D eigenvalue weighted by atomic mass is 16.6. The van der Waals surface area contributed by atoms with Crippen LogP contribution in [0.15, 0.2) is 24.4 Å². The Morgan fingerprint density at radius 1 is 1.26 bits per heavy atom. The maximum absolute atomic E-state index is 5.59. The average Bonchev–Trinajstić information content (AvgIpc) is 2.93. The minimum atomic E-state index is 0.602. The van der Waals surface area contributed by atoms with E-state index in [0.29, 0.717) is 13.2 Å². The second-order valence-electron chi connectivity index (χ2n) is 4.38. The molecule has 0 saturated carbocycles. The van der Waals surface area contributed by atoms with Gasteiger partial charge in [-0.2, -0.15) is 0 Å². The molecule has 0 atom stereocenters. The molecule has 1 aromatic heterocycles. The molecule has 3 rings (SSSR count). The number of benzene rings is 1. The van der Waals surface area contributed by atoms with E-state index in [2.05, 4.69) is 22.2 Å². The van der Waals surface area contributed by atoms with Crippen LogP contribution in [0, 0.1) is 0 Å². The predicted octanol–water partition coefficient (Wildman–Crippen LogP) is 1.96. The highest BCUT2D eigenvalue weighted by molar-refractivity contribution is 5.63. The van der Waals surface area contributed by atoms with Crippen LogP contribution in [0.1, 0.15) is 12.7 Å². The zero-order chi connectivity index (χ0) is 13.1. The molecule has 0 spiro atoms. The first-order valence-corrected chi connectivity index (χ1v) is 6.51. The first kappa shape index (κ1) is 12.0. The summed E-state index contributed by atoms with van der Waals surface area (Å²) in [6.07, 6.45) is 1.85. The highest BCUT2D eigenvalue weighted by Crippen LogP contribution is 2.33. The molecule has 5 nitrogen and oxygen atoms in total. The Hall–Kier alpha value is -2.01. The smallest absolute Gasteiger partial charge is 0.162 e. The van der Waals surface area contributed by atoms with E-state index in [1.165, 1.54) is 0 Å². The van der Waals surface area contributed by atoms with Gasteiger partial charge < -0.3 is 19.8 Å². The van der Waals surface area contributed by atoms with Gasteiger partial charge in [0, 0.05) is 5.56 Å². The number of hydrogen-bond acceptors (Lipinski definition) is 4. The van der Waals surface area contributed by atoms with E-state index in [1.807, 2.05) is 24.4 Å². The number of imidazole rings is 1. The Bertz CT molecular complexity index is 566. The molecule has 2 N–H and O–H groups in total. The van der Waals surface area contributed by atoms with Crippen molar-refractivity contribution in [3.05, 3.63) is 30.2 Å². The first-order chi connectivity index (χ1) is 9.36. The molecule has 100 valence electrons. The summed E-state index contributed by atoms with van der Waals surface area (Å²) < 4.78 is 11.1. The van der Waals surface area contributed by atoms with E-state index in [1.54, 1.807) is 0 Å². The van der Waals surface area contributed by atoms with Gasteiger partial charge in [-0.15, -0.1) is 0 Å². The van der Waals surface area contributed by atoms with Gasteiger partial charge in [0.1, 0.15) is 19.0 Å². The SMILES string of the molecule is CCNCc1ncc(-c2ccc3c(c2)OCCO3)[nH]1. The number of aromatic nitrogens is 2. The fraction of sp³-hybridized carbons (Fsp3) is 0.357. The number of nitrogens with zero attached hydrogens (tertiary/aromatic N) is 1. The number of hydrogen-bond donors (Lipinski definition) is 2. The van der Waals surface area contributed by atoms with Crippen LogP contribution >= 0.6 is 0 Å². The molecular formula is C14H17N3O2. The molecule has 0 radical (unpaired) electrons. The summed E-state index contributed by atoms with van der Waals surface area (Å²) >= 11 is 0. The Morgan fingerprint density at radius 2 is 2.11 bits per heavy atom. The monoisotopic (exact) mass is 259 g/mol. The predicted molar refractivity (Wildman–Crippen MR) is 72.4 cm³/mol. The van der Waals surface area contributed by atoms with E-state index in [4.69, 9.17) is 9.47 Å². The Morgan fingerprint density at radius 3 is 2.95 bits per heavy atom. The van der Waals surface area contributed by atoms with Crippen LogP contribution in [0.25, 0.3) is 11.3 Å². The van der Waals surface area contributed by atoms with Gasteiger partial charge in [-0.1, -0.05) is 6.92 Å². The summed E-state index contributed by atoms with van der Waals surface area (Å²) in [7, 11) is 0. The molecule has 1 aliphatic rings. The third-order valence-corrected chi connectivity index (χ3v) is 3.02. The molecule has 0 bridgehead atoms. The molecule has 5 heteroatoms. The lowest BCUT2D eigenvalue weighted by Gasteiger charge is -2.18. The first-order valence-electron chi connectivity index (χ1n) is 6.51. The van der Waals surface area contributed by atoms with E-state index in [-0.39, 0.29) is 0 Å². The second kappa shape index (κ2) is 5.32. The molecule has 0 saturated heterocycles. The van der Waals surface area contributed by atoms with E-state index in [9.17, 15) is 0 Å². The Labute approximate surface area is 112 Å². The highest BCUT2D eigenvalue weighted by Gasteiger charge is 2.13. The van der Waals surface area contributed by atoms with Gasteiger partial charge in [-0.05, 0) is 24.7 Å². The van der Waals surface area contributed by atoms with Crippen LogP contribution < -0.4 is 14.8 Å². The van der Waals surface area contributed by atoms with Crippen molar-refractivity contribution in [1.82, 2.24) is 15.3 Å². The summed E-state index contributed by atoms with van der Waals surface area (Å²) in [5, 5.41) is 3.24. The van der Waals surface area contributed by atoms with Crippen molar-refractivity contribution in [3.63, 3.8) is 0 Å². The van der Waals surface area contributed by atoms with Gasteiger partial charge in [-0.3, -0.25) is 0 Å². The van der Waals surface area contributed by atoms with Gasteiger partial charge in [0.15, 0.2) is 11.5 Å². The lowest BCUT2D eigenvalue weighted by atomic mass is 10.1. The molecule has 2 aromatic rings. The van der Waals surface area contributed by atoms with E-state index >= 15 is 0 Å². The van der Waals surface area contributed by atoms with Crippen molar-refractivity contribution in [3.8, 4) is 22.8 Å². The fourth-order valence-corrected chi connectivity index (χ4v) is 2.05.